The first kappa shape index (κ1) is 14.2. The van der Waals surface area contributed by atoms with Gasteiger partial charge in [0.1, 0.15) is 0 Å². The molecule has 0 rings (SSSR count). The maximum atomic E-state index is 12.4. The molecule has 0 aromatic heterocycles. The lowest BCUT2D eigenvalue weighted by atomic mass is 10.3. The SMILES string of the molecule is CCN(C)CCNC(=O)C(F)(F)C(F)F. The van der Waals surface area contributed by atoms with Crippen LogP contribution in [0.1, 0.15) is 6.92 Å². The Morgan fingerprint density at radius 2 is 2.00 bits per heavy atom. The Kier molecular flexibility index (Phi) is 5.56. The van der Waals surface area contributed by atoms with Crippen LogP contribution in [-0.2, 0) is 4.79 Å². The van der Waals surface area contributed by atoms with Crippen molar-refractivity contribution in [1.82, 2.24) is 10.2 Å². The highest BCUT2D eigenvalue weighted by molar-refractivity contribution is 5.83. The van der Waals surface area contributed by atoms with Crippen molar-refractivity contribution >= 4 is 5.91 Å². The highest BCUT2D eigenvalue weighted by Gasteiger charge is 2.48. The van der Waals surface area contributed by atoms with Crippen LogP contribution in [0.4, 0.5) is 17.6 Å². The number of likely N-dealkylation sites (N-methyl/N-ethyl adjacent to an activating group) is 1. The van der Waals surface area contributed by atoms with Crippen LogP contribution in [0.3, 0.4) is 0 Å². The molecule has 0 aromatic rings. The fourth-order valence-electron chi connectivity index (χ4n) is 0.735. The molecule has 0 radical (unpaired) electrons. The zero-order valence-electron chi connectivity index (χ0n) is 8.57. The summed E-state index contributed by atoms with van der Waals surface area (Å²) in [6, 6.07) is 0. The van der Waals surface area contributed by atoms with Crippen molar-refractivity contribution in [2.45, 2.75) is 19.3 Å². The summed E-state index contributed by atoms with van der Waals surface area (Å²) in [5, 5.41) is 1.76. The molecule has 3 nitrogen and oxygen atoms in total. The summed E-state index contributed by atoms with van der Waals surface area (Å²) in [6.07, 6.45) is -3.97. The number of halogens is 4. The van der Waals surface area contributed by atoms with Crippen molar-refractivity contribution in [1.29, 1.82) is 0 Å². The number of alkyl halides is 4. The molecule has 0 aromatic carbocycles. The molecule has 0 spiro atoms. The highest BCUT2D eigenvalue weighted by atomic mass is 19.3. The Hall–Kier alpha value is -0.850. The predicted octanol–water partition coefficient (Wildman–Crippen LogP) is 0.955. The zero-order chi connectivity index (χ0) is 12.1. The molecule has 0 aliphatic heterocycles. The van der Waals surface area contributed by atoms with Crippen LogP contribution in [0.2, 0.25) is 0 Å². The van der Waals surface area contributed by atoms with E-state index in [-0.39, 0.29) is 6.54 Å². The van der Waals surface area contributed by atoms with E-state index < -0.39 is 18.3 Å². The standard InChI is InChI=1S/C8H14F4N2O/c1-3-14(2)5-4-13-7(15)8(11,12)6(9)10/h6H,3-5H2,1-2H3,(H,13,15). The number of hydrogen-bond acceptors (Lipinski definition) is 2. The third kappa shape index (κ3) is 4.46. The van der Waals surface area contributed by atoms with Crippen molar-refractivity contribution in [2.24, 2.45) is 0 Å². The normalized spacial score (nSPS) is 12.3. The van der Waals surface area contributed by atoms with Gasteiger partial charge in [0.2, 0.25) is 0 Å². The summed E-state index contributed by atoms with van der Waals surface area (Å²) in [5.41, 5.74) is 0. The maximum Gasteiger partial charge on any atom is 0.383 e. The quantitative estimate of drug-likeness (QED) is 0.689. The van der Waals surface area contributed by atoms with Crippen LogP contribution in [-0.4, -0.2) is 49.8 Å². The summed E-state index contributed by atoms with van der Waals surface area (Å²) in [7, 11) is 1.72. The molecule has 7 heteroatoms. The number of rotatable bonds is 6. The fourth-order valence-corrected chi connectivity index (χ4v) is 0.735. The minimum atomic E-state index is -4.61. The molecule has 0 saturated carbocycles. The van der Waals surface area contributed by atoms with Crippen LogP contribution < -0.4 is 5.32 Å². The molecule has 0 unspecified atom stereocenters. The van der Waals surface area contributed by atoms with Crippen molar-refractivity contribution in [3.63, 3.8) is 0 Å². The second-order valence-corrected chi connectivity index (χ2v) is 3.08. The second kappa shape index (κ2) is 5.89. The lowest BCUT2D eigenvalue weighted by molar-refractivity contribution is -0.169. The Morgan fingerprint density at radius 1 is 1.47 bits per heavy atom. The van der Waals surface area contributed by atoms with Gasteiger partial charge >= 0.3 is 12.3 Å². The predicted molar refractivity (Wildman–Crippen MR) is 47.1 cm³/mol. The van der Waals surface area contributed by atoms with Crippen molar-refractivity contribution < 1.29 is 22.4 Å². The van der Waals surface area contributed by atoms with Crippen LogP contribution in [0, 0.1) is 0 Å². The average Bonchev–Trinajstić information content (AvgIpc) is 2.16. The Balaban J connectivity index is 3.94. The van der Waals surface area contributed by atoms with E-state index in [2.05, 4.69) is 0 Å². The maximum absolute atomic E-state index is 12.4. The lowest BCUT2D eigenvalue weighted by Gasteiger charge is -2.17. The molecule has 0 saturated heterocycles. The third-order valence-electron chi connectivity index (χ3n) is 1.90. The molecular formula is C8H14F4N2O. The molecule has 0 fully saturated rings. The molecule has 0 atom stereocenters. The van der Waals surface area contributed by atoms with E-state index in [1.54, 1.807) is 17.3 Å². The van der Waals surface area contributed by atoms with Gasteiger partial charge in [-0.2, -0.15) is 8.78 Å². The third-order valence-corrected chi connectivity index (χ3v) is 1.90. The monoisotopic (exact) mass is 230 g/mol. The lowest BCUT2D eigenvalue weighted by Crippen LogP contribution is -2.47. The van der Waals surface area contributed by atoms with Crippen LogP contribution in [0.25, 0.3) is 0 Å². The topological polar surface area (TPSA) is 32.3 Å². The Labute approximate surface area is 85.4 Å². The number of carbonyl (C=O) groups is 1. The first-order valence-electron chi connectivity index (χ1n) is 4.45. The van der Waals surface area contributed by atoms with Gasteiger partial charge in [0, 0.05) is 13.1 Å². The summed E-state index contributed by atoms with van der Waals surface area (Å²) in [6.45, 7) is 2.78. The van der Waals surface area contributed by atoms with E-state index in [9.17, 15) is 22.4 Å². The Bertz CT molecular complexity index is 211. The number of amides is 1. The number of carbonyl (C=O) groups excluding carboxylic acids is 1. The minimum Gasteiger partial charge on any atom is -0.349 e. The summed E-state index contributed by atoms with van der Waals surface area (Å²) >= 11 is 0. The van der Waals surface area contributed by atoms with Crippen LogP contribution in [0.15, 0.2) is 0 Å². The van der Waals surface area contributed by atoms with E-state index in [0.29, 0.717) is 13.1 Å². The Morgan fingerprint density at radius 3 is 2.40 bits per heavy atom. The van der Waals surface area contributed by atoms with E-state index in [0.717, 1.165) is 0 Å². The number of nitrogens with zero attached hydrogens (tertiary/aromatic N) is 1. The van der Waals surface area contributed by atoms with Gasteiger partial charge in [-0.3, -0.25) is 4.79 Å². The van der Waals surface area contributed by atoms with Crippen molar-refractivity contribution in [2.75, 3.05) is 26.7 Å². The van der Waals surface area contributed by atoms with Crippen LogP contribution in [0.5, 0.6) is 0 Å². The summed E-state index contributed by atoms with van der Waals surface area (Å²) < 4.78 is 48.1. The molecule has 1 amide bonds. The average molecular weight is 230 g/mol. The smallest absolute Gasteiger partial charge is 0.349 e. The summed E-state index contributed by atoms with van der Waals surface area (Å²) in [5.74, 6) is -6.54. The van der Waals surface area contributed by atoms with Crippen molar-refractivity contribution in [3.8, 4) is 0 Å². The number of hydrogen-bond donors (Lipinski definition) is 1. The van der Waals surface area contributed by atoms with Gasteiger partial charge in [-0.25, -0.2) is 8.78 Å². The van der Waals surface area contributed by atoms with Gasteiger partial charge < -0.3 is 10.2 Å². The van der Waals surface area contributed by atoms with E-state index in [4.69, 9.17) is 0 Å². The molecule has 90 valence electrons. The molecule has 0 heterocycles. The first-order chi connectivity index (χ1) is 6.82. The van der Waals surface area contributed by atoms with Gasteiger partial charge in [0.15, 0.2) is 0 Å². The second-order valence-electron chi connectivity index (χ2n) is 3.08. The van der Waals surface area contributed by atoms with Gasteiger partial charge in [-0.15, -0.1) is 0 Å². The van der Waals surface area contributed by atoms with E-state index in [1.807, 2.05) is 6.92 Å². The molecular weight excluding hydrogens is 216 g/mol. The molecule has 0 bridgehead atoms. The largest absolute Gasteiger partial charge is 0.383 e. The van der Waals surface area contributed by atoms with Crippen molar-refractivity contribution in [3.05, 3.63) is 0 Å². The minimum absolute atomic E-state index is 0.0779. The van der Waals surface area contributed by atoms with Gasteiger partial charge in [-0.1, -0.05) is 6.92 Å². The molecule has 0 aliphatic rings. The van der Waals surface area contributed by atoms with Gasteiger partial charge in [-0.05, 0) is 13.6 Å². The number of nitrogens with one attached hydrogen (secondary N) is 1. The van der Waals surface area contributed by atoms with E-state index >= 15 is 0 Å². The molecule has 15 heavy (non-hydrogen) atoms. The summed E-state index contributed by atoms with van der Waals surface area (Å²) in [4.78, 5) is 12.4. The first-order valence-corrected chi connectivity index (χ1v) is 4.45. The molecule has 0 aliphatic carbocycles. The molecule has 1 N–H and O–H groups in total. The van der Waals surface area contributed by atoms with E-state index in [1.165, 1.54) is 0 Å². The fraction of sp³-hybridized carbons (Fsp3) is 0.875. The highest BCUT2D eigenvalue weighted by Crippen LogP contribution is 2.22. The zero-order valence-corrected chi connectivity index (χ0v) is 8.57. The van der Waals surface area contributed by atoms with Gasteiger partial charge in [0.25, 0.3) is 5.91 Å². The van der Waals surface area contributed by atoms with Crippen LogP contribution >= 0.6 is 0 Å². The van der Waals surface area contributed by atoms with Gasteiger partial charge in [0.05, 0.1) is 0 Å².